The van der Waals surface area contributed by atoms with Crippen molar-refractivity contribution in [1.29, 1.82) is 0 Å². The Hall–Kier alpha value is -3.28. The van der Waals surface area contributed by atoms with Crippen molar-refractivity contribution < 1.29 is 9.18 Å². The van der Waals surface area contributed by atoms with Gasteiger partial charge in [0.1, 0.15) is 5.82 Å². The van der Waals surface area contributed by atoms with Gasteiger partial charge in [-0.05, 0) is 62.4 Å². The van der Waals surface area contributed by atoms with Gasteiger partial charge < -0.3 is 10.6 Å². The minimum absolute atomic E-state index is 0.281. The highest BCUT2D eigenvalue weighted by molar-refractivity contribution is 6.04. The van der Waals surface area contributed by atoms with E-state index in [-0.39, 0.29) is 11.7 Å². The van der Waals surface area contributed by atoms with E-state index in [2.05, 4.69) is 20.6 Å². The van der Waals surface area contributed by atoms with Crippen LogP contribution in [0.1, 0.15) is 21.7 Å². The number of aryl methyl sites for hydroxylation is 2. The summed E-state index contributed by atoms with van der Waals surface area (Å²) >= 11 is 0. The maximum Gasteiger partial charge on any atom is 0.255 e. The van der Waals surface area contributed by atoms with Crippen molar-refractivity contribution >= 4 is 23.2 Å². The zero-order chi connectivity index (χ0) is 17.8. The minimum atomic E-state index is -0.349. The Balaban J connectivity index is 1.76. The Morgan fingerprint density at radius 2 is 1.60 bits per heavy atom. The zero-order valence-corrected chi connectivity index (χ0v) is 13.9. The average molecular weight is 336 g/mol. The van der Waals surface area contributed by atoms with Crippen LogP contribution in [0.3, 0.4) is 0 Å². The van der Waals surface area contributed by atoms with Crippen LogP contribution in [-0.2, 0) is 0 Å². The van der Waals surface area contributed by atoms with E-state index in [1.165, 1.54) is 24.3 Å². The lowest BCUT2D eigenvalue weighted by Gasteiger charge is -2.09. The number of benzene rings is 2. The second-order valence-electron chi connectivity index (χ2n) is 5.64. The van der Waals surface area contributed by atoms with Crippen LogP contribution in [0.4, 0.5) is 21.7 Å². The fourth-order valence-corrected chi connectivity index (χ4v) is 2.39. The third-order valence-electron chi connectivity index (χ3n) is 3.47. The maximum absolute atomic E-state index is 12.9. The number of hydrogen-bond acceptors (Lipinski definition) is 4. The van der Waals surface area contributed by atoms with Gasteiger partial charge >= 0.3 is 0 Å². The number of amides is 1. The van der Waals surface area contributed by atoms with Crippen molar-refractivity contribution in [2.45, 2.75) is 13.8 Å². The smallest absolute Gasteiger partial charge is 0.255 e. The van der Waals surface area contributed by atoms with Gasteiger partial charge in [-0.25, -0.2) is 14.4 Å². The molecule has 5 nitrogen and oxygen atoms in total. The summed E-state index contributed by atoms with van der Waals surface area (Å²) in [6.07, 6.45) is 0. The number of carbonyl (C=O) groups is 1. The number of aromatic nitrogens is 2. The lowest BCUT2D eigenvalue weighted by Crippen LogP contribution is -2.12. The third-order valence-corrected chi connectivity index (χ3v) is 3.47. The van der Waals surface area contributed by atoms with Gasteiger partial charge in [-0.1, -0.05) is 6.07 Å². The number of rotatable bonds is 4. The van der Waals surface area contributed by atoms with E-state index < -0.39 is 0 Å². The van der Waals surface area contributed by atoms with Crippen LogP contribution in [0.2, 0.25) is 0 Å². The predicted molar refractivity (Wildman–Crippen MR) is 95.6 cm³/mol. The van der Waals surface area contributed by atoms with Crippen LogP contribution in [-0.4, -0.2) is 15.9 Å². The lowest BCUT2D eigenvalue weighted by molar-refractivity contribution is 0.102. The number of nitrogens with one attached hydrogen (secondary N) is 2. The van der Waals surface area contributed by atoms with E-state index >= 15 is 0 Å². The molecule has 0 atom stereocenters. The molecule has 0 aliphatic heterocycles. The fourth-order valence-electron chi connectivity index (χ4n) is 2.39. The second-order valence-corrected chi connectivity index (χ2v) is 5.64. The molecule has 1 aromatic heterocycles. The van der Waals surface area contributed by atoms with E-state index in [1.807, 2.05) is 26.0 Å². The van der Waals surface area contributed by atoms with Crippen molar-refractivity contribution in [3.8, 4) is 0 Å². The molecule has 0 spiro atoms. The first-order chi connectivity index (χ1) is 12.0. The molecule has 2 N–H and O–H groups in total. The van der Waals surface area contributed by atoms with E-state index in [1.54, 1.807) is 18.2 Å². The molecule has 0 aliphatic rings. The molecule has 1 heterocycles. The Morgan fingerprint density at radius 3 is 2.28 bits per heavy atom. The zero-order valence-electron chi connectivity index (χ0n) is 13.9. The van der Waals surface area contributed by atoms with Gasteiger partial charge in [-0.3, -0.25) is 4.79 Å². The van der Waals surface area contributed by atoms with Crippen LogP contribution in [0.5, 0.6) is 0 Å². The molecule has 0 aliphatic carbocycles. The molecule has 0 saturated heterocycles. The molecular formula is C19H17FN4O. The van der Waals surface area contributed by atoms with E-state index in [0.29, 0.717) is 22.9 Å². The molecule has 1 amide bonds. The highest BCUT2D eigenvalue weighted by Gasteiger charge is 2.08. The molecule has 6 heteroatoms. The van der Waals surface area contributed by atoms with Crippen molar-refractivity contribution in [1.82, 2.24) is 9.97 Å². The van der Waals surface area contributed by atoms with E-state index in [4.69, 9.17) is 0 Å². The molecule has 2 aromatic carbocycles. The van der Waals surface area contributed by atoms with Crippen LogP contribution < -0.4 is 10.6 Å². The predicted octanol–water partition coefficient (Wildman–Crippen LogP) is 4.23. The Kier molecular flexibility index (Phi) is 4.70. The normalized spacial score (nSPS) is 10.4. The summed E-state index contributed by atoms with van der Waals surface area (Å²) in [6.45, 7) is 3.79. The van der Waals surface area contributed by atoms with Crippen molar-refractivity contribution in [2.24, 2.45) is 0 Å². The standard InChI is InChI=1S/C19H17FN4O/c1-12-10-13(2)22-19(21-12)24-17-5-3-4-14(11-17)18(25)23-16-8-6-15(20)7-9-16/h3-11H,1-2H3,(H,23,25)(H,21,22,24). The Morgan fingerprint density at radius 1 is 0.920 bits per heavy atom. The van der Waals surface area contributed by atoms with Crippen LogP contribution in [0, 0.1) is 19.7 Å². The molecule has 0 unspecified atom stereocenters. The number of nitrogens with zero attached hydrogens (tertiary/aromatic N) is 2. The molecule has 3 rings (SSSR count). The summed E-state index contributed by atoms with van der Waals surface area (Å²) in [4.78, 5) is 21.0. The highest BCUT2D eigenvalue weighted by Crippen LogP contribution is 2.17. The van der Waals surface area contributed by atoms with Crippen LogP contribution in [0.25, 0.3) is 0 Å². The van der Waals surface area contributed by atoms with Crippen molar-refractivity contribution in [2.75, 3.05) is 10.6 Å². The second kappa shape index (κ2) is 7.09. The van der Waals surface area contributed by atoms with Gasteiger partial charge in [0.25, 0.3) is 5.91 Å². The number of anilines is 3. The quantitative estimate of drug-likeness (QED) is 0.748. The first-order valence-corrected chi connectivity index (χ1v) is 7.76. The third kappa shape index (κ3) is 4.38. The summed E-state index contributed by atoms with van der Waals surface area (Å²) in [6, 6.07) is 14.5. The van der Waals surface area contributed by atoms with E-state index in [0.717, 1.165) is 11.4 Å². The molecule has 0 bridgehead atoms. The summed E-state index contributed by atoms with van der Waals surface area (Å²) in [5, 5.41) is 5.83. The minimum Gasteiger partial charge on any atom is -0.324 e. The van der Waals surface area contributed by atoms with Gasteiger partial charge in [-0.2, -0.15) is 0 Å². The number of hydrogen-bond donors (Lipinski definition) is 2. The van der Waals surface area contributed by atoms with Gasteiger partial charge in [0.05, 0.1) is 0 Å². The Labute approximate surface area is 145 Å². The Bertz CT molecular complexity index is 889. The van der Waals surface area contributed by atoms with Crippen LogP contribution >= 0.6 is 0 Å². The van der Waals surface area contributed by atoms with Gasteiger partial charge in [0.2, 0.25) is 5.95 Å². The largest absolute Gasteiger partial charge is 0.324 e. The van der Waals surface area contributed by atoms with E-state index in [9.17, 15) is 9.18 Å². The summed E-state index contributed by atoms with van der Waals surface area (Å²) in [5.41, 5.74) is 3.43. The van der Waals surface area contributed by atoms with Gasteiger partial charge in [-0.15, -0.1) is 0 Å². The molecule has 3 aromatic rings. The maximum atomic E-state index is 12.9. The molecular weight excluding hydrogens is 319 g/mol. The summed E-state index contributed by atoms with van der Waals surface area (Å²) in [7, 11) is 0. The topological polar surface area (TPSA) is 66.9 Å². The SMILES string of the molecule is Cc1cc(C)nc(Nc2cccc(C(=O)Nc3ccc(F)cc3)c2)n1. The van der Waals surface area contributed by atoms with Crippen molar-refractivity contribution in [3.05, 3.63) is 77.4 Å². The van der Waals surface area contributed by atoms with Crippen LogP contribution in [0.15, 0.2) is 54.6 Å². The molecule has 0 radical (unpaired) electrons. The molecule has 0 saturated carbocycles. The molecule has 25 heavy (non-hydrogen) atoms. The molecule has 126 valence electrons. The first kappa shape index (κ1) is 16.6. The number of carbonyl (C=O) groups excluding carboxylic acids is 1. The molecule has 0 fully saturated rings. The summed E-state index contributed by atoms with van der Waals surface area (Å²) in [5.74, 6) is -0.150. The lowest BCUT2D eigenvalue weighted by atomic mass is 10.2. The average Bonchev–Trinajstić information content (AvgIpc) is 2.56. The fraction of sp³-hybridized carbons (Fsp3) is 0.105. The first-order valence-electron chi connectivity index (χ1n) is 7.76. The number of halogens is 1. The van der Waals surface area contributed by atoms with Gasteiger partial charge in [0, 0.05) is 28.3 Å². The highest BCUT2D eigenvalue weighted by atomic mass is 19.1. The summed E-state index contributed by atoms with van der Waals surface area (Å²) < 4.78 is 12.9. The monoisotopic (exact) mass is 336 g/mol. The van der Waals surface area contributed by atoms with Crippen molar-refractivity contribution in [3.63, 3.8) is 0 Å². The van der Waals surface area contributed by atoms with Gasteiger partial charge in [0.15, 0.2) is 0 Å².